The summed E-state index contributed by atoms with van der Waals surface area (Å²) >= 11 is 7.34. The third-order valence-corrected chi connectivity index (χ3v) is 4.76. The van der Waals surface area contributed by atoms with Crippen molar-refractivity contribution < 1.29 is 18.6 Å². The Hall–Kier alpha value is -2.38. The predicted molar refractivity (Wildman–Crippen MR) is 105 cm³/mol. The molecule has 2 aromatic carbocycles. The second kappa shape index (κ2) is 9.53. The zero-order chi connectivity index (χ0) is 19.1. The summed E-state index contributed by atoms with van der Waals surface area (Å²) < 4.78 is 21.9. The maximum atomic E-state index is 5.85. The first-order valence-electron chi connectivity index (χ1n) is 8.26. The van der Waals surface area contributed by atoms with E-state index >= 15 is 0 Å². The molecule has 0 aliphatic heterocycles. The quantitative estimate of drug-likeness (QED) is 0.367. The van der Waals surface area contributed by atoms with Crippen molar-refractivity contribution in [3.8, 4) is 28.7 Å². The molecule has 0 radical (unpaired) electrons. The second-order valence-electron chi connectivity index (χ2n) is 5.48. The van der Waals surface area contributed by atoms with Gasteiger partial charge >= 0.3 is 0 Å². The van der Waals surface area contributed by atoms with Gasteiger partial charge in [-0.05, 0) is 42.8 Å². The summed E-state index contributed by atoms with van der Waals surface area (Å²) in [6, 6.07) is 12.7. The average molecular weight is 407 g/mol. The number of benzene rings is 2. The number of hydrogen-bond donors (Lipinski definition) is 0. The van der Waals surface area contributed by atoms with E-state index in [-0.39, 0.29) is 0 Å². The highest BCUT2D eigenvalue weighted by atomic mass is 35.5. The molecule has 0 saturated heterocycles. The highest BCUT2D eigenvalue weighted by molar-refractivity contribution is 7.99. The summed E-state index contributed by atoms with van der Waals surface area (Å²) in [5.41, 5.74) is 0.747. The number of ether oxygens (including phenoxy) is 3. The molecule has 0 aliphatic rings. The van der Waals surface area contributed by atoms with E-state index in [2.05, 4.69) is 10.2 Å². The molecule has 3 rings (SSSR count). The Morgan fingerprint density at radius 3 is 2.33 bits per heavy atom. The molecule has 6 nitrogen and oxygen atoms in total. The highest BCUT2D eigenvalue weighted by Crippen LogP contribution is 2.30. The van der Waals surface area contributed by atoms with Crippen LogP contribution in [0.15, 0.2) is 52.1 Å². The number of hydrogen-bond acceptors (Lipinski definition) is 7. The van der Waals surface area contributed by atoms with Gasteiger partial charge in [0.2, 0.25) is 5.89 Å². The van der Waals surface area contributed by atoms with Crippen LogP contribution in [0.1, 0.15) is 6.42 Å². The summed E-state index contributed by atoms with van der Waals surface area (Å²) in [7, 11) is 3.19. The Morgan fingerprint density at radius 1 is 0.963 bits per heavy atom. The van der Waals surface area contributed by atoms with E-state index in [1.807, 2.05) is 24.3 Å². The molecular formula is C19H19ClN2O4S. The fourth-order valence-electron chi connectivity index (χ4n) is 2.25. The molecule has 0 spiro atoms. The lowest BCUT2D eigenvalue weighted by Gasteiger charge is -2.06. The first kappa shape index (κ1) is 19.4. The summed E-state index contributed by atoms with van der Waals surface area (Å²) in [5.74, 6) is 3.35. The lowest BCUT2D eigenvalue weighted by molar-refractivity contribution is 0.318. The lowest BCUT2D eigenvalue weighted by Crippen LogP contribution is -1.98. The van der Waals surface area contributed by atoms with Gasteiger partial charge in [-0.25, -0.2) is 0 Å². The minimum absolute atomic E-state index is 0.423. The van der Waals surface area contributed by atoms with Crippen molar-refractivity contribution in [2.45, 2.75) is 11.6 Å². The third-order valence-electron chi connectivity index (χ3n) is 3.60. The number of halogens is 1. The minimum Gasteiger partial charge on any atom is -0.497 e. The molecule has 27 heavy (non-hydrogen) atoms. The normalized spacial score (nSPS) is 10.6. The van der Waals surface area contributed by atoms with Gasteiger partial charge < -0.3 is 18.6 Å². The molecule has 0 aliphatic carbocycles. The lowest BCUT2D eigenvalue weighted by atomic mass is 10.2. The number of aromatic nitrogens is 2. The van der Waals surface area contributed by atoms with Gasteiger partial charge in [0, 0.05) is 22.4 Å². The van der Waals surface area contributed by atoms with Gasteiger partial charge in [0.25, 0.3) is 5.22 Å². The Morgan fingerprint density at radius 2 is 1.67 bits per heavy atom. The Labute approximate surface area is 166 Å². The predicted octanol–water partition coefficient (Wildman–Crippen LogP) is 4.97. The van der Waals surface area contributed by atoms with E-state index in [1.54, 1.807) is 32.4 Å². The van der Waals surface area contributed by atoms with E-state index in [4.69, 9.17) is 30.2 Å². The number of methoxy groups -OCH3 is 2. The molecule has 0 unspecified atom stereocenters. The Kier molecular flexibility index (Phi) is 6.84. The molecule has 0 amide bonds. The number of nitrogens with zero attached hydrogens (tertiary/aromatic N) is 2. The molecule has 8 heteroatoms. The molecule has 1 aromatic heterocycles. The SMILES string of the molecule is COc1cc(OC)cc(-c2nnc(SCCCOc3ccc(Cl)cc3)o2)c1. The fourth-order valence-corrected chi connectivity index (χ4v) is 3.05. The Bertz CT molecular complexity index is 848. The van der Waals surface area contributed by atoms with Crippen LogP contribution < -0.4 is 14.2 Å². The van der Waals surface area contributed by atoms with Crippen molar-refractivity contribution in [1.82, 2.24) is 10.2 Å². The van der Waals surface area contributed by atoms with Gasteiger partial charge in [-0.1, -0.05) is 23.4 Å². The van der Waals surface area contributed by atoms with Crippen molar-refractivity contribution in [3.05, 3.63) is 47.5 Å². The van der Waals surface area contributed by atoms with Gasteiger partial charge in [-0.15, -0.1) is 10.2 Å². The van der Waals surface area contributed by atoms with Crippen LogP contribution in [0.25, 0.3) is 11.5 Å². The molecule has 3 aromatic rings. The van der Waals surface area contributed by atoms with Crippen molar-refractivity contribution in [2.75, 3.05) is 26.6 Å². The number of rotatable bonds is 9. The molecule has 0 bridgehead atoms. The van der Waals surface area contributed by atoms with Crippen LogP contribution in [0.2, 0.25) is 5.02 Å². The van der Waals surface area contributed by atoms with E-state index in [0.717, 1.165) is 23.5 Å². The van der Waals surface area contributed by atoms with E-state index < -0.39 is 0 Å². The first-order chi connectivity index (χ1) is 13.2. The van der Waals surface area contributed by atoms with Crippen LogP contribution in [-0.4, -0.2) is 36.8 Å². The Balaban J connectivity index is 1.50. The van der Waals surface area contributed by atoms with Crippen molar-refractivity contribution in [1.29, 1.82) is 0 Å². The summed E-state index contributed by atoms with van der Waals surface area (Å²) in [5, 5.41) is 9.38. The van der Waals surface area contributed by atoms with Crippen LogP contribution in [0.4, 0.5) is 0 Å². The van der Waals surface area contributed by atoms with Gasteiger partial charge in [-0.3, -0.25) is 0 Å². The maximum absolute atomic E-state index is 5.85. The second-order valence-corrected chi connectivity index (χ2v) is 6.96. The van der Waals surface area contributed by atoms with Crippen LogP contribution in [0, 0.1) is 0 Å². The summed E-state index contributed by atoms with van der Waals surface area (Å²) in [4.78, 5) is 0. The van der Waals surface area contributed by atoms with Crippen molar-refractivity contribution in [2.24, 2.45) is 0 Å². The minimum atomic E-state index is 0.423. The van der Waals surface area contributed by atoms with E-state index in [1.165, 1.54) is 11.8 Å². The van der Waals surface area contributed by atoms with Gasteiger partial charge in [-0.2, -0.15) is 0 Å². The molecule has 0 fully saturated rings. The third kappa shape index (κ3) is 5.55. The molecule has 0 saturated carbocycles. The largest absolute Gasteiger partial charge is 0.497 e. The summed E-state index contributed by atoms with van der Waals surface area (Å²) in [6.45, 7) is 0.600. The zero-order valence-corrected chi connectivity index (χ0v) is 16.5. The molecule has 142 valence electrons. The van der Waals surface area contributed by atoms with Crippen molar-refractivity contribution >= 4 is 23.4 Å². The topological polar surface area (TPSA) is 66.6 Å². The van der Waals surface area contributed by atoms with Gasteiger partial charge in [0.15, 0.2) is 0 Å². The van der Waals surface area contributed by atoms with Crippen molar-refractivity contribution in [3.63, 3.8) is 0 Å². The van der Waals surface area contributed by atoms with Gasteiger partial charge in [0.1, 0.15) is 17.2 Å². The highest BCUT2D eigenvalue weighted by Gasteiger charge is 2.12. The van der Waals surface area contributed by atoms with E-state index in [9.17, 15) is 0 Å². The molecule has 0 atom stereocenters. The fraction of sp³-hybridized carbons (Fsp3) is 0.263. The van der Waals surface area contributed by atoms with Crippen LogP contribution in [0.3, 0.4) is 0 Å². The summed E-state index contributed by atoms with van der Waals surface area (Å²) in [6.07, 6.45) is 0.845. The molecular weight excluding hydrogens is 388 g/mol. The van der Waals surface area contributed by atoms with Gasteiger partial charge in [0.05, 0.1) is 20.8 Å². The standard InChI is InChI=1S/C19H19ClN2O4S/c1-23-16-10-13(11-17(12-16)24-2)18-21-22-19(26-18)27-9-3-8-25-15-6-4-14(20)5-7-15/h4-7,10-12H,3,8-9H2,1-2H3. The molecule has 1 heterocycles. The average Bonchev–Trinajstić information content (AvgIpc) is 3.17. The monoisotopic (exact) mass is 406 g/mol. The molecule has 0 N–H and O–H groups in total. The van der Waals surface area contributed by atoms with Crippen LogP contribution >= 0.6 is 23.4 Å². The zero-order valence-electron chi connectivity index (χ0n) is 15.0. The maximum Gasteiger partial charge on any atom is 0.276 e. The van der Waals surface area contributed by atoms with Crippen LogP contribution in [-0.2, 0) is 0 Å². The van der Waals surface area contributed by atoms with E-state index in [0.29, 0.717) is 34.2 Å². The number of thioether (sulfide) groups is 1. The first-order valence-corrected chi connectivity index (χ1v) is 9.62. The smallest absolute Gasteiger partial charge is 0.276 e. The van der Waals surface area contributed by atoms with Crippen LogP contribution in [0.5, 0.6) is 17.2 Å².